The smallest absolute Gasteiger partial charge is 0.217 e. The molecule has 2 fully saturated rings. The van der Waals surface area contributed by atoms with E-state index in [0.717, 1.165) is 64.6 Å². The third kappa shape index (κ3) is 6.71. The summed E-state index contributed by atoms with van der Waals surface area (Å²) >= 11 is 0. The number of likely N-dealkylation sites (N-methyl/N-ethyl adjacent to an activating group) is 1. The van der Waals surface area contributed by atoms with E-state index in [1.165, 1.54) is 24.2 Å². The number of hydrogen-bond acceptors (Lipinski definition) is 4. The normalized spacial score (nSPS) is 21.6. The van der Waals surface area contributed by atoms with Crippen molar-refractivity contribution in [3.05, 3.63) is 35.4 Å². The van der Waals surface area contributed by atoms with Gasteiger partial charge in [0.1, 0.15) is 0 Å². The third-order valence-corrected chi connectivity index (χ3v) is 6.31. The number of hydrogen-bond donors (Lipinski definition) is 2. The molecule has 166 valence electrons. The van der Waals surface area contributed by atoms with Gasteiger partial charge < -0.3 is 20.9 Å². The van der Waals surface area contributed by atoms with E-state index in [4.69, 9.17) is 5.73 Å². The Kier molecular flexibility index (Phi) is 8.51. The molecule has 1 aromatic carbocycles. The molecule has 0 aromatic heterocycles. The van der Waals surface area contributed by atoms with Crippen LogP contribution in [-0.2, 0) is 17.9 Å². The minimum Gasteiger partial charge on any atom is -0.370 e. The van der Waals surface area contributed by atoms with Crippen molar-refractivity contribution in [2.75, 3.05) is 52.9 Å². The molecule has 1 unspecified atom stereocenters. The van der Waals surface area contributed by atoms with Gasteiger partial charge in [-0.2, -0.15) is 0 Å². The first-order valence-corrected chi connectivity index (χ1v) is 11.3. The zero-order chi connectivity index (χ0) is 21.3. The third-order valence-electron chi connectivity index (χ3n) is 6.31. The molecule has 2 aliphatic rings. The standard InChI is InChI=1S/C23H38N6O/c1-3-27-11-13-28(14-12-27)17-20-8-6-19(7-9-20)16-26-23(25-2)29-10-4-5-21(18-29)15-22(24)30/h6-9,21H,3-5,10-18H2,1-2H3,(H2,24,30)(H,25,26). The lowest BCUT2D eigenvalue weighted by molar-refractivity contribution is -0.119. The number of piperazine rings is 1. The van der Waals surface area contributed by atoms with Crippen LogP contribution in [-0.4, -0.2) is 79.4 Å². The highest BCUT2D eigenvalue weighted by Gasteiger charge is 2.23. The Bertz CT molecular complexity index is 696. The summed E-state index contributed by atoms with van der Waals surface area (Å²) in [6, 6.07) is 8.92. The molecule has 0 bridgehead atoms. The second kappa shape index (κ2) is 11.3. The summed E-state index contributed by atoms with van der Waals surface area (Å²) in [5, 5.41) is 3.49. The van der Waals surface area contributed by atoms with Gasteiger partial charge in [-0.05, 0) is 36.4 Å². The van der Waals surface area contributed by atoms with Crippen LogP contribution in [0.1, 0.15) is 37.3 Å². The first-order chi connectivity index (χ1) is 14.6. The summed E-state index contributed by atoms with van der Waals surface area (Å²) in [6.45, 7) is 11.6. The zero-order valence-corrected chi connectivity index (χ0v) is 18.6. The number of guanidine groups is 1. The number of primary amides is 1. The molecule has 3 rings (SSSR count). The van der Waals surface area contributed by atoms with Crippen LogP contribution in [0.3, 0.4) is 0 Å². The Morgan fingerprint density at radius 1 is 1.10 bits per heavy atom. The van der Waals surface area contributed by atoms with Crippen molar-refractivity contribution in [3.63, 3.8) is 0 Å². The van der Waals surface area contributed by atoms with E-state index in [9.17, 15) is 4.79 Å². The lowest BCUT2D eigenvalue weighted by Gasteiger charge is -2.34. The first kappa shape index (κ1) is 22.6. The second-order valence-electron chi connectivity index (χ2n) is 8.55. The van der Waals surface area contributed by atoms with Crippen molar-refractivity contribution in [2.24, 2.45) is 16.6 Å². The predicted molar refractivity (Wildman–Crippen MR) is 122 cm³/mol. The van der Waals surface area contributed by atoms with Gasteiger partial charge in [-0.1, -0.05) is 31.2 Å². The second-order valence-corrected chi connectivity index (χ2v) is 8.55. The molecule has 0 radical (unpaired) electrons. The zero-order valence-electron chi connectivity index (χ0n) is 18.6. The van der Waals surface area contributed by atoms with Crippen LogP contribution >= 0.6 is 0 Å². The monoisotopic (exact) mass is 414 g/mol. The van der Waals surface area contributed by atoms with Crippen molar-refractivity contribution in [2.45, 2.75) is 39.3 Å². The highest BCUT2D eigenvalue weighted by Crippen LogP contribution is 2.19. The van der Waals surface area contributed by atoms with Crippen molar-refractivity contribution >= 4 is 11.9 Å². The fourth-order valence-corrected chi connectivity index (χ4v) is 4.51. The molecule has 0 saturated carbocycles. The minimum atomic E-state index is -0.211. The van der Waals surface area contributed by atoms with Crippen LogP contribution in [0.2, 0.25) is 0 Å². The van der Waals surface area contributed by atoms with Gasteiger partial charge in [0.25, 0.3) is 0 Å². The van der Waals surface area contributed by atoms with Gasteiger partial charge in [0, 0.05) is 65.8 Å². The molecule has 30 heavy (non-hydrogen) atoms. The molecule has 2 heterocycles. The molecule has 2 aliphatic heterocycles. The number of benzene rings is 1. The lowest BCUT2D eigenvalue weighted by Crippen LogP contribution is -2.46. The number of carbonyl (C=O) groups excluding carboxylic acids is 1. The number of nitrogens with one attached hydrogen (secondary N) is 1. The molecule has 7 nitrogen and oxygen atoms in total. The van der Waals surface area contributed by atoms with Crippen molar-refractivity contribution in [1.29, 1.82) is 0 Å². The highest BCUT2D eigenvalue weighted by atomic mass is 16.1. The number of aliphatic imine (C=N–C) groups is 1. The molecule has 1 atom stereocenters. The Hall–Kier alpha value is -2.12. The van der Waals surface area contributed by atoms with Gasteiger partial charge in [0.05, 0.1) is 0 Å². The van der Waals surface area contributed by atoms with E-state index in [2.05, 4.69) is 56.2 Å². The fraction of sp³-hybridized carbons (Fsp3) is 0.652. The summed E-state index contributed by atoms with van der Waals surface area (Å²) in [5.41, 5.74) is 8.01. The SMILES string of the molecule is CCN1CCN(Cc2ccc(CNC(=NC)N3CCCC(CC(N)=O)C3)cc2)CC1. The van der Waals surface area contributed by atoms with Gasteiger partial charge in [-0.15, -0.1) is 0 Å². The van der Waals surface area contributed by atoms with Gasteiger partial charge in [-0.3, -0.25) is 14.7 Å². The van der Waals surface area contributed by atoms with E-state index in [0.29, 0.717) is 12.3 Å². The number of carbonyl (C=O) groups is 1. The average Bonchev–Trinajstić information content (AvgIpc) is 2.76. The lowest BCUT2D eigenvalue weighted by atomic mass is 9.95. The predicted octanol–water partition coefficient (Wildman–Crippen LogP) is 1.49. The number of nitrogens with zero attached hydrogens (tertiary/aromatic N) is 4. The van der Waals surface area contributed by atoms with Crippen LogP contribution in [0.25, 0.3) is 0 Å². The topological polar surface area (TPSA) is 77.2 Å². The van der Waals surface area contributed by atoms with Gasteiger partial charge in [0.15, 0.2) is 5.96 Å². The molecular formula is C23H38N6O. The van der Waals surface area contributed by atoms with Gasteiger partial charge in [0.2, 0.25) is 5.91 Å². The van der Waals surface area contributed by atoms with Crippen LogP contribution in [0, 0.1) is 5.92 Å². The van der Waals surface area contributed by atoms with Crippen molar-refractivity contribution in [3.8, 4) is 0 Å². The van der Waals surface area contributed by atoms with Crippen LogP contribution in [0.15, 0.2) is 29.3 Å². The molecule has 0 aliphatic carbocycles. The van der Waals surface area contributed by atoms with Gasteiger partial charge in [-0.25, -0.2) is 0 Å². The maximum absolute atomic E-state index is 11.3. The van der Waals surface area contributed by atoms with Crippen LogP contribution in [0.5, 0.6) is 0 Å². The quantitative estimate of drug-likeness (QED) is 0.522. The number of nitrogens with two attached hydrogens (primary N) is 1. The molecule has 3 N–H and O–H groups in total. The largest absolute Gasteiger partial charge is 0.370 e. The molecule has 0 spiro atoms. The number of piperidine rings is 1. The Morgan fingerprint density at radius 3 is 2.40 bits per heavy atom. The summed E-state index contributed by atoms with van der Waals surface area (Å²) in [4.78, 5) is 23.0. The Balaban J connectivity index is 1.46. The van der Waals surface area contributed by atoms with Crippen LogP contribution in [0.4, 0.5) is 0 Å². The van der Waals surface area contributed by atoms with Crippen LogP contribution < -0.4 is 11.1 Å². The number of likely N-dealkylation sites (tertiary alicyclic amines) is 1. The molecule has 1 aromatic rings. The molecule has 2 saturated heterocycles. The Labute approximate surface area is 181 Å². The van der Waals surface area contributed by atoms with E-state index in [-0.39, 0.29) is 5.91 Å². The summed E-state index contributed by atoms with van der Waals surface area (Å²) in [6.07, 6.45) is 2.59. The maximum Gasteiger partial charge on any atom is 0.217 e. The highest BCUT2D eigenvalue weighted by molar-refractivity contribution is 5.80. The molecule has 7 heteroatoms. The van der Waals surface area contributed by atoms with E-state index in [1.54, 1.807) is 0 Å². The summed E-state index contributed by atoms with van der Waals surface area (Å²) in [7, 11) is 1.82. The minimum absolute atomic E-state index is 0.211. The van der Waals surface area contributed by atoms with E-state index >= 15 is 0 Å². The molecular weight excluding hydrogens is 376 g/mol. The summed E-state index contributed by atoms with van der Waals surface area (Å²) < 4.78 is 0. The number of amides is 1. The fourth-order valence-electron chi connectivity index (χ4n) is 4.51. The number of rotatable bonds is 7. The van der Waals surface area contributed by atoms with E-state index < -0.39 is 0 Å². The van der Waals surface area contributed by atoms with E-state index in [1.807, 2.05) is 7.05 Å². The van der Waals surface area contributed by atoms with Gasteiger partial charge >= 0.3 is 0 Å². The molecule has 1 amide bonds. The van der Waals surface area contributed by atoms with Crippen molar-refractivity contribution < 1.29 is 4.79 Å². The summed E-state index contributed by atoms with van der Waals surface area (Å²) in [5.74, 6) is 1.02. The Morgan fingerprint density at radius 2 is 1.77 bits per heavy atom. The maximum atomic E-state index is 11.3. The van der Waals surface area contributed by atoms with Crippen molar-refractivity contribution in [1.82, 2.24) is 20.0 Å². The first-order valence-electron chi connectivity index (χ1n) is 11.3. The average molecular weight is 415 g/mol.